The van der Waals surface area contributed by atoms with E-state index in [1.165, 1.54) is 37.0 Å². The fraction of sp³-hybridized carbons (Fsp3) is 0.333. The predicted octanol–water partition coefficient (Wildman–Crippen LogP) is 5.60. The number of fused-ring (bicyclic) bond motifs is 1. The van der Waals surface area contributed by atoms with Crippen molar-refractivity contribution in [3.8, 4) is 17.0 Å². The second-order valence-corrected chi connectivity index (χ2v) is 11.7. The fourth-order valence-electron chi connectivity index (χ4n) is 3.99. The van der Waals surface area contributed by atoms with Gasteiger partial charge in [0.05, 0.1) is 22.8 Å². The summed E-state index contributed by atoms with van der Waals surface area (Å²) < 4.78 is 26.9. The predicted molar refractivity (Wildman–Crippen MR) is 146 cm³/mol. The molecule has 1 amide bonds. The van der Waals surface area contributed by atoms with E-state index >= 15 is 0 Å². The van der Waals surface area contributed by atoms with Gasteiger partial charge in [-0.05, 0) is 70.1 Å². The first-order valence-corrected chi connectivity index (χ1v) is 15.1. The highest BCUT2D eigenvalue weighted by Gasteiger charge is 2.21. The first-order chi connectivity index (χ1) is 18.3. The molecule has 0 radical (unpaired) electrons. The van der Waals surface area contributed by atoms with Crippen LogP contribution in [0.3, 0.4) is 0 Å². The number of carbonyl (C=O) groups is 1. The number of amides is 1. The number of nitrogens with one attached hydrogen (secondary N) is 1. The Bertz CT molecular complexity index is 1470. The number of halogens is 1. The summed E-state index contributed by atoms with van der Waals surface area (Å²) in [5, 5.41) is 10.0. The van der Waals surface area contributed by atoms with Crippen LogP contribution in [0.1, 0.15) is 42.5 Å². The molecule has 0 bridgehead atoms. The van der Waals surface area contributed by atoms with E-state index in [4.69, 9.17) is 24.6 Å². The van der Waals surface area contributed by atoms with Gasteiger partial charge in [0, 0.05) is 22.0 Å². The molecule has 0 atom stereocenters. The molecule has 4 aromatic rings. The third-order valence-corrected chi connectivity index (χ3v) is 7.74. The molecule has 200 valence electrons. The largest absolute Gasteiger partial charge is 0.472 e. The summed E-state index contributed by atoms with van der Waals surface area (Å²) in [5.74, 6) is 1.41. The number of rotatable bonds is 12. The lowest BCUT2D eigenvalue weighted by Crippen LogP contribution is -2.12. The van der Waals surface area contributed by atoms with Gasteiger partial charge in [0.15, 0.2) is 18.3 Å². The molecule has 14 heteroatoms. The highest BCUT2D eigenvalue weighted by Crippen LogP contribution is 2.37. The molecule has 11 nitrogen and oxygen atoms in total. The first kappa shape index (κ1) is 26.9. The van der Waals surface area contributed by atoms with Crippen molar-refractivity contribution in [1.29, 1.82) is 0 Å². The number of phosphoric acid groups is 1. The van der Waals surface area contributed by atoms with E-state index in [-0.39, 0.29) is 5.91 Å². The Kier molecular flexibility index (Phi) is 8.22. The minimum absolute atomic E-state index is 0.280. The summed E-state index contributed by atoms with van der Waals surface area (Å²) in [6.45, 7) is 0.104. The number of ether oxygens (including phenoxy) is 1. The molecule has 3 N–H and O–H groups in total. The van der Waals surface area contributed by atoms with Crippen molar-refractivity contribution in [2.24, 2.45) is 5.92 Å². The topological polar surface area (TPSA) is 149 Å². The molecule has 1 aromatic carbocycles. The zero-order valence-corrected chi connectivity index (χ0v) is 23.4. The maximum absolute atomic E-state index is 12.7. The van der Waals surface area contributed by atoms with Crippen LogP contribution in [0.4, 0.5) is 5.82 Å². The van der Waals surface area contributed by atoms with E-state index in [9.17, 15) is 9.36 Å². The van der Waals surface area contributed by atoms with Gasteiger partial charge >= 0.3 is 7.82 Å². The molecule has 3 heterocycles. The summed E-state index contributed by atoms with van der Waals surface area (Å²) >= 11 is 4.82. The Morgan fingerprint density at radius 3 is 2.71 bits per heavy atom. The average molecular weight is 622 g/mol. The van der Waals surface area contributed by atoms with Gasteiger partial charge in [0.2, 0.25) is 0 Å². The quantitative estimate of drug-likeness (QED) is 0.104. The lowest BCUT2D eigenvalue weighted by Gasteiger charge is -2.10. The number of pyridine rings is 1. The smallest absolute Gasteiger partial charge is 0.467 e. The van der Waals surface area contributed by atoms with Gasteiger partial charge in [-0.15, -0.1) is 0 Å². The number of benzene rings is 1. The number of hydrogen-bond acceptors (Lipinski definition) is 8. The van der Waals surface area contributed by atoms with E-state index in [1.54, 1.807) is 29.6 Å². The van der Waals surface area contributed by atoms with E-state index < -0.39 is 14.6 Å². The van der Waals surface area contributed by atoms with Crippen molar-refractivity contribution in [3.63, 3.8) is 0 Å². The van der Waals surface area contributed by atoms with Crippen LogP contribution in [-0.4, -0.2) is 41.6 Å². The van der Waals surface area contributed by atoms with Gasteiger partial charge in [0.1, 0.15) is 5.75 Å². The highest BCUT2D eigenvalue weighted by atomic mass is 79.9. The Morgan fingerprint density at radius 2 is 2.03 bits per heavy atom. The van der Waals surface area contributed by atoms with Crippen LogP contribution < -0.4 is 10.1 Å². The van der Waals surface area contributed by atoms with Crippen LogP contribution in [0, 0.1) is 5.92 Å². The second kappa shape index (κ2) is 11.6. The molecule has 3 aromatic heterocycles. The minimum atomic E-state index is -4.61. The Balaban J connectivity index is 1.40. The van der Waals surface area contributed by atoms with Crippen molar-refractivity contribution in [2.45, 2.75) is 38.6 Å². The maximum atomic E-state index is 12.7. The lowest BCUT2D eigenvalue weighted by atomic mass is 10.1. The molecule has 1 fully saturated rings. The summed E-state index contributed by atoms with van der Waals surface area (Å²) in [6, 6.07) is 8.78. The summed E-state index contributed by atoms with van der Waals surface area (Å²) in [4.78, 5) is 35.2. The Morgan fingerprint density at radius 1 is 1.24 bits per heavy atom. The molecular weight excluding hydrogens is 597 g/mol. The molecule has 0 aliphatic heterocycles. The van der Waals surface area contributed by atoms with E-state index in [0.29, 0.717) is 44.9 Å². The molecule has 0 spiro atoms. The molecule has 1 aliphatic rings. The molecular formula is C24H25BrN5O6PS. The van der Waals surface area contributed by atoms with Crippen LogP contribution in [0.15, 0.2) is 46.4 Å². The van der Waals surface area contributed by atoms with E-state index in [0.717, 1.165) is 24.3 Å². The van der Waals surface area contributed by atoms with Crippen molar-refractivity contribution in [3.05, 3.63) is 51.9 Å². The van der Waals surface area contributed by atoms with Gasteiger partial charge in [-0.1, -0.05) is 25.7 Å². The van der Waals surface area contributed by atoms with Gasteiger partial charge < -0.3 is 19.8 Å². The SMILES string of the molecule is O=C(Nc1nn(CCCCC2CC2)c2nc(-c3ccc(OCOP(=O)(O)O)cc3)c(Br)cc12)c1cnsc1. The summed E-state index contributed by atoms with van der Waals surface area (Å²) in [6.07, 6.45) is 7.49. The zero-order valence-electron chi connectivity index (χ0n) is 20.1. The monoisotopic (exact) mass is 621 g/mol. The molecule has 0 saturated heterocycles. The third kappa shape index (κ3) is 6.85. The van der Waals surface area contributed by atoms with E-state index in [1.807, 2.05) is 10.7 Å². The standard InChI is InChI=1S/C24H25BrN5O6PS/c25-20-11-19-22(28-24(31)17-12-26-38-13-17)29-30(10-2-1-3-15-4-5-15)23(19)27-21(20)16-6-8-18(9-7-16)35-14-36-37(32,33)34/h6-9,11-13,15H,1-5,10,14H2,(H,28,29,31)(H2,32,33,34). The summed E-state index contributed by atoms with van der Waals surface area (Å²) in [5.41, 5.74) is 2.59. The third-order valence-electron chi connectivity index (χ3n) is 6.11. The average Bonchev–Trinajstić information content (AvgIpc) is 3.41. The fourth-order valence-corrected chi connectivity index (χ4v) is 5.25. The van der Waals surface area contributed by atoms with Crippen LogP contribution in [-0.2, 0) is 15.6 Å². The van der Waals surface area contributed by atoms with Crippen LogP contribution >= 0.6 is 35.3 Å². The number of aromatic nitrogens is 4. The van der Waals surface area contributed by atoms with Crippen molar-refractivity contribution < 1.29 is 28.4 Å². The number of unbranched alkanes of at least 4 members (excludes halogenated alkanes) is 1. The first-order valence-electron chi connectivity index (χ1n) is 12.0. The Labute approximate surface area is 230 Å². The molecule has 5 rings (SSSR count). The van der Waals surface area contributed by atoms with Crippen LogP contribution in [0.25, 0.3) is 22.3 Å². The van der Waals surface area contributed by atoms with Crippen LogP contribution in [0.5, 0.6) is 5.75 Å². The molecule has 38 heavy (non-hydrogen) atoms. The number of aryl methyl sites for hydroxylation is 1. The van der Waals surface area contributed by atoms with Crippen LogP contribution in [0.2, 0.25) is 0 Å². The van der Waals surface area contributed by atoms with Gasteiger partial charge in [0.25, 0.3) is 5.91 Å². The number of anilines is 1. The van der Waals surface area contributed by atoms with Crippen molar-refractivity contribution in [1.82, 2.24) is 19.1 Å². The molecule has 1 aliphatic carbocycles. The van der Waals surface area contributed by atoms with E-state index in [2.05, 4.69) is 30.1 Å². The van der Waals surface area contributed by atoms with Crippen molar-refractivity contribution >= 4 is 58.0 Å². The van der Waals surface area contributed by atoms with Gasteiger partial charge in [-0.2, -0.15) is 5.10 Å². The van der Waals surface area contributed by atoms with Gasteiger partial charge in [-0.25, -0.2) is 23.1 Å². The molecule has 0 unspecified atom stereocenters. The normalized spacial score (nSPS) is 13.7. The maximum Gasteiger partial charge on any atom is 0.472 e. The number of hydrogen-bond donors (Lipinski definition) is 3. The summed E-state index contributed by atoms with van der Waals surface area (Å²) in [7, 11) is -4.61. The number of nitrogens with zero attached hydrogens (tertiary/aromatic N) is 4. The highest BCUT2D eigenvalue weighted by molar-refractivity contribution is 9.10. The number of phosphoric ester groups is 1. The Hall–Kier alpha value is -2.67. The van der Waals surface area contributed by atoms with Gasteiger partial charge in [-0.3, -0.25) is 4.79 Å². The van der Waals surface area contributed by atoms with Crippen molar-refractivity contribution in [2.75, 3.05) is 12.1 Å². The second-order valence-electron chi connectivity index (χ2n) is 8.97. The number of carbonyl (C=O) groups excluding carboxylic acids is 1. The molecule has 1 saturated carbocycles. The zero-order chi connectivity index (χ0) is 26.7. The lowest BCUT2D eigenvalue weighted by molar-refractivity contribution is 0.0829. The minimum Gasteiger partial charge on any atom is -0.467 e.